The quantitative estimate of drug-likeness (QED) is 0.861. The summed E-state index contributed by atoms with van der Waals surface area (Å²) in [5.41, 5.74) is 2.58. The van der Waals surface area contributed by atoms with E-state index < -0.39 is 12.0 Å². The van der Waals surface area contributed by atoms with Crippen LogP contribution in [0.15, 0.2) is 48.7 Å². The minimum Gasteiger partial charge on any atom is -0.480 e. The average molecular weight is 256 g/mol. The first-order valence-corrected chi connectivity index (χ1v) is 6.09. The third-order valence-corrected chi connectivity index (χ3v) is 2.87. The summed E-state index contributed by atoms with van der Waals surface area (Å²) < 4.78 is 0. The van der Waals surface area contributed by atoms with Crippen molar-refractivity contribution in [3.63, 3.8) is 0 Å². The Balaban J connectivity index is 2.09. The molecular weight excluding hydrogens is 240 g/mol. The molecule has 0 bridgehead atoms. The van der Waals surface area contributed by atoms with Crippen molar-refractivity contribution in [1.82, 2.24) is 10.3 Å². The molecule has 0 aliphatic carbocycles. The van der Waals surface area contributed by atoms with E-state index in [9.17, 15) is 9.90 Å². The van der Waals surface area contributed by atoms with Crippen molar-refractivity contribution in [3.8, 4) is 0 Å². The maximum Gasteiger partial charge on any atom is 0.325 e. The lowest BCUT2D eigenvalue weighted by Crippen LogP contribution is -2.28. The molecule has 0 spiro atoms. The second kappa shape index (κ2) is 6.11. The van der Waals surface area contributed by atoms with Crippen LogP contribution in [-0.2, 0) is 11.3 Å². The molecule has 4 heteroatoms. The van der Waals surface area contributed by atoms with Gasteiger partial charge in [0.05, 0.1) is 0 Å². The second-order valence-electron chi connectivity index (χ2n) is 4.37. The summed E-state index contributed by atoms with van der Waals surface area (Å²) in [6.07, 6.45) is 1.60. The molecule has 0 saturated heterocycles. The van der Waals surface area contributed by atoms with Gasteiger partial charge in [-0.05, 0) is 24.1 Å². The van der Waals surface area contributed by atoms with Crippen LogP contribution in [-0.4, -0.2) is 16.1 Å². The molecule has 4 nitrogen and oxygen atoms in total. The molecule has 0 aliphatic rings. The number of carboxylic acid groups (broad SMARTS) is 1. The summed E-state index contributed by atoms with van der Waals surface area (Å²) >= 11 is 0. The lowest BCUT2D eigenvalue weighted by atomic mass is 10.1. The van der Waals surface area contributed by atoms with Crippen LogP contribution in [0, 0.1) is 6.92 Å². The summed E-state index contributed by atoms with van der Waals surface area (Å²) in [5, 5.41) is 12.3. The molecule has 0 aliphatic heterocycles. The van der Waals surface area contributed by atoms with Crippen LogP contribution in [0.2, 0.25) is 0 Å². The number of aryl methyl sites for hydroxylation is 1. The van der Waals surface area contributed by atoms with E-state index >= 15 is 0 Å². The molecule has 0 radical (unpaired) electrons. The molecule has 98 valence electrons. The third kappa shape index (κ3) is 3.63. The summed E-state index contributed by atoms with van der Waals surface area (Å²) in [6.45, 7) is 2.38. The highest BCUT2D eigenvalue weighted by atomic mass is 16.4. The molecule has 1 atom stereocenters. The molecule has 1 heterocycles. The number of carbonyl (C=O) groups is 1. The van der Waals surface area contributed by atoms with Gasteiger partial charge in [-0.1, -0.05) is 36.4 Å². The number of aliphatic carboxylic acids is 1. The Morgan fingerprint density at radius 1 is 1.26 bits per heavy atom. The molecule has 1 aromatic heterocycles. The van der Waals surface area contributed by atoms with Gasteiger partial charge in [-0.3, -0.25) is 15.1 Å². The van der Waals surface area contributed by atoms with E-state index in [1.807, 2.05) is 43.3 Å². The Morgan fingerprint density at radius 2 is 2.00 bits per heavy atom. The maximum atomic E-state index is 11.3. The minimum atomic E-state index is -0.901. The van der Waals surface area contributed by atoms with Crippen LogP contribution in [0.25, 0.3) is 0 Å². The molecule has 2 N–H and O–H groups in total. The topological polar surface area (TPSA) is 62.2 Å². The van der Waals surface area contributed by atoms with Gasteiger partial charge >= 0.3 is 5.97 Å². The molecule has 19 heavy (non-hydrogen) atoms. The molecule has 0 saturated carbocycles. The first-order valence-electron chi connectivity index (χ1n) is 6.09. The number of nitrogens with zero attached hydrogens (tertiary/aromatic N) is 1. The van der Waals surface area contributed by atoms with Gasteiger partial charge in [0.15, 0.2) is 0 Å². The lowest BCUT2D eigenvalue weighted by molar-refractivity contribution is -0.139. The Morgan fingerprint density at radius 3 is 2.58 bits per heavy atom. The Kier molecular flexibility index (Phi) is 4.26. The maximum absolute atomic E-state index is 11.3. The Labute approximate surface area is 112 Å². The number of hydrogen-bond acceptors (Lipinski definition) is 3. The number of aromatic nitrogens is 1. The summed E-state index contributed by atoms with van der Waals surface area (Å²) in [7, 11) is 0. The van der Waals surface area contributed by atoms with Crippen molar-refractivity contribution in [2.75, 3.05) is 0 Å². The van der Waals surface area contributed by atoms with Crippen molar-refractivity contribution in [3.05, 3.63) is 65.5 Å². The van der Waals surface area contributed by atoms with Gasteiger partial charge in [0.1, 0.15) is 6.04 Å². The lowest BCUT2D eigenvalue weighted by Gasteiger charge is -2.14. The second-order valence-corrected chi connectivity index (χ2v) is 4.37. The van der Waals surface area contributed by atoms with E-state index in [1.165, 1.54) is 0 Å². The Bertz CT molecular complexity index is 538. The van der Waals surface area contributed by atoms with Crippen LogP contribution in [0.4, 0.5) is 0 Å². The molecule has 2 rings (SSSR count). The van der Waals surface area contributed by atoms with Crippen molar-refractivity contribution >= 4 is 5.97 Å². The zero-order valence-electron chi connectivity index (χ0n) is 10.7. The first-order chi connectivity index (χ1) is 9.16. The fourth-order valence-corrected chi connectivity index (χ4v) is 1.81. The van der Waals surface area contributed by atoms with Crippen molar-refractivity contribution < 1.29 is 9.90 Å². The van der Waals surface area contributed by atoms with Crippen molar-refractivity contribution in [1.29, 1.82) is 0 Å². The number of hydrogen-bond donors (Lipinski definition) is 2. The predicted molar refractivity (Wildman–Crippen MR) is 72.6 cm³/mol. The van der Waals surface area contributed by atoms with Crippen LogP contribution < -0.4 is 5.32 Å². The fourth-order valence-electron chi connectivity index (χ4n) is 1.81. The van der Waals surface area contributed by atoms with E-state index in [4.69, 9.17) is 0 Å². The summed E-state index contributed by atoms with van der Waals surface area (Å²) in [5.74, 6) is -0.901. The largest absolute Gasteiger partial charge is 0.480 e. The standard InChI is InChI=1S/C15H16N2O2/c1-11-7-8-13(10-16-11)14(15(18)19)17-9-12-5-3-2-4-6-12/h2-8,10,14,17H,9H2,1H3,(H,18,19). The molecular formula is C15H16N2O2. The van der Waals surface area contributed by atoms with E-state index in [0.29, 0.717) is 12.1 Å². The monoisotopic (exact) mass is 256 g/mol. The van der Waals surface area contributed by atoms with E-state index in [1.54, 1.807) is 12.3 Å². The van der Waals surface area contributed by atoms with E-state index in [-0.39, 0.29) is 0 Å². The van der Waals surface area contributed by atoms with E-state index in [0.717, 1.165) is 11.3 Å². The predicted octanol–water partition coefficient (Wildman–Crippen LogP) is 2.31. The van der Waals surface area contributed by atoms with Gasteiger partial charge in [0, 0.05) is 18.4 Å². The normalized spacial score (nSPS) is 12.1. The van der Waals surface area contributed by atoms with Crippen LogP contribution in [0.1, 0.15) is 22.9 Å². The number of rotatable bonds is 5. The summed E-state index contributed by atoms with van der Waals surface area (Å²) in [4.78, 5) is 15.4. The number of benzene rings is 1. The van der Waals surface area contributed by atoms with Crippen LogP contribution >= 0.6 is 0 Å². The molecule has 1 aromatic carbocycles. The zero-order valence-corrected chi connectivity index (χ0v) is 10.7. The van der Waals surface area contributed by atoms with Gasteiger partial charge in [-0.2, -0.15) is 0 Å². The van der Waals surface area contributed by atoms with Crippen LogP contribution in [0.5, 0.6) is 0 Å². The average Bonchev–Trinajstić information content (AvgIpc) is 2.42. The first kappa shape index (κ1) is 13.2. The Hall–Kier alpha value is -2.20. The SMILES string of the molecule is Cc1ccc(C(NCc2ccccc2)C(=O)O)cn1. The minimum absolute atomic E-state index is 0.506. The highest BCUT2D eigenvalue weighted by molar-refractivity contribution is 5.75. The fraction of sp³-hybridized carbons (Fsp3) is 0.200. The highest BCUT2D eigenvalue weighted by Gasteiger charge is 2.19. The molecule has 2 aromatic rings. The summed E-state index contributed by atoms with van der Waals surface area (Å²) in [6, 6.07) is 12.6. The number of carboxylic acids is 1. The van der Waals surface area contributed by atoms with E-state index in [2.05, 4.69) is 10.3 Å². The smallest absolute Gasteiger partial charge is 0.325 e. The van der Waals surface area contributed by atoms with Gasteiger partial charge in [0.25, 0.3) is 0 Å². The molecule has 0 fully saturated rings. The van der Waals surface area contributed by atoms with Gasteiger partial charge < -0.3 is 5.11 Å². The molecule has 0 amide bonds. The zero-order chi connectivity index (χ0) is 13.7. The molecule has 1 unspecified atom stereocenters. The van der Waals surface area contributed by atoms with Gasteiger partial charge in [-0.25, -0.2) is 0 Å². The van der Waals surface area contributed by atoms with Crippen molar-refractivity contribution in [2.45, 2.75) is 19.5 Å². The highest BCUT2D eigenvalue weighted by Crippen LogP contribution is 2.13. The third-order valence-electron chi connectivity index (χ3n) is 2.87. The number of pyridine rings is 1. The number of nitrogens with one attached hydrogen (secondary N) is 1. The van der Waals surface area contributed by atoms with Crippen molar-refractivity contribution in [2.24, 2.45) is 0 Å². The van der Waals surface area contributed by atoms with Gasteiger partial charge in [0.2, 0.25) is 0 Å². The van der Waals surface area contributed by atoms with Crippen LogP contribution in [0.3, 0.4) is 0 Å². The van der Waals surface area contributed by atoms with Gasteiger partial charge in [-0.15, -0.1) is 0 Å².